The van der Waals surface area contributed by atoms with Gasteiger partial charge in [-0.15, -0.1) is 0 Å². The Labute approximate surface area is 458 Å². The van der Waals surface area contributed by atoms with Gasteiger partial charge >= 0.3 is 6.85 Å². The van der Waals surface area contributed by atoms with E-state index in [0.29, 0.717) is 0 Å². The minimum Gasteiger partial charge on any atom is -0.454 e. The summed E-state index contributed by atoms with van der Waals surface area (Å²) >= 11 is 0. The summed E-state index contributed by atoms with van der Waals surface area (Å²) in [5, 5.41) is 2.38. The molecule has 0 saturated heterocycles. The van der Waals surface area contributed by atoms with E-state index in [-0.39, 0.29) is 39.5 Å². The number of hydrogen-bond acceptors (Lipinski definition) is 4. The molecule has 3 aliphatic heterocycles. The average Bonchev–Trinajstić information content (AvgIpc) is 3.54. The molecule has 5 heteroatoms. The summed E-state index contributed by atoms with van der Waals surface area (Å²) in [5.41, 5.74) is 24.8. The lowest BCUT2D eigenvalue weighted by Gasteiger charge is -2.55. The Morgan fingerprint density at radius 3 is 1.75 bits per heavy atom. The number of fused-ring (bicyclic) bond motifs is 12. The normalized spacial score (nSPS) is 20.6. The molecule has 14 rings (SSSR count). The molecule has 77 heavy (non-hydrogen) atoms. The van der Waals surface area contributed by atoms with Crippen molar-refractivity contribution >= 4 is 79.5 Å². The van der Waals surface area contributed by atoms with Gasteiger partial charge in [0, 0.05) is 61.3 Å². The van der Waals surface area contributed by atoms with Crippen molar-refractivity contribution < 1.29 is 4.42 Å². The van der Waals surface area contributed by atoms with Crippen molar-refractivity contribution in [2.24, 2.45) is 0 Å². The van der Waals surface area contributed by atoms with Crippen LogP contribution in [0.15, 0.2) is 162 Å². The molecule has 2 unspecified atom stereocenters. The fourth-order valence-corrected chi connectivity index (χ4v) is 15.2. The van der Waals surface area contributed by atoms with Crippen molar-refractivity contribution in [2.45, 2.75) is 154 Å². The molecule has 1 saturated carbocycles. The van der Waals surface area contributed by atoms with Gasteiger partial charge in [-0.1, -0.05) is 180 Å². The minimum absolute atomic E-state index is 0.0376. The Morgan fingerprint density at radius 1 is 0.494 bits per heavy atom. The van der Waals surface area contributed by atoms with Crippen LogP contribution in [0.3, 0.4) is 0 Å². The number of furan rings is 1. The molecule has 0 bridgehead atoms. The number of hydrogen-bond donors (Lipinski definition) is 0. The number of para-hydroxylation sites is 2. The van der Waals surface area contributed by atoms with E-state index in [1.807, 2.05) is 0 Å². The fourth-order valence-electron chi connectivity index (χ4n) is 15.2. The summed E-state index contributed by atoms with van der Waals surface area (Å²) in [6, 6.07) is 60.7. The first-order valence-electron chi connectivity index (χ1n) is 28.8. The minimum atomic E-state index is -0.153. The van der Waals surface area contributed by atoms with Crippen LogP contribution in [0.25, 0.3) is 44.2 Å². The van der Waals surface area contributed by atoms with Gasteiger partial charge in [0.05, 0.1) is 11.4 Å². The van der Waals surface area contributed by atoms with Gasteiger partial charge in [-0.25, -0.2) is 0 Å². The highest BCUT2D eigenvalue weighted by Gasteiger charge is 2.63. The van der Waals surface area contributed by atoms with Crippen molar-refractivity contribution in [1.29, 1.82) is 0 Å². The molecule has 2 aliphatic carbocycles. The summed E-state index contributed by atoms with van der Waals surface area (Å²) in [5.74, 6) is 0. The molecule has 0 radical (unpaired) electrons. The van der Waals surface area contributed by atoms with Gasteiger partial charge in [0.1, 0.15) is 5.58 Å². The molecular weight excluding hydrogens is 934 g/mol. The van der Waals surface area contributed by atoms with Gasteiger partial charge in [0.25, 0.3) is 0 Å². The second kappa shape index (κ2) is 16.3. The van der Waals surface area contributed by atoms with E-state index in [9.17, 15) is 0 Å². The van der Waals surface area contributed by atoms with Crippen LogP contribution in [-0.4, -0.2) is 12.4 Å². The topological polar surface area (TPSA) is 22.9 Å². The Hall–Kier alpha value is -6.98. The lowest BCUT2D eigenvalue weighted by molar-refractivity contribution is 0.199. The standard InChI is InChI=1S/C72H74BN3O/c1-67(2,3)46-30-33-60(52(38-46)45-24-16-13-17-25-45)75-61-42-50(74(48-26-18-14-19-27-48)49-28-20-15-21-29-49)41-54-55-39-47(68(4,5)6)40-58-64(55)76(72(12)35-23-22-34-71(58,72)11)73(63(54)61)59-32-31-51-53-43-56-57(44-62(53)77-66(51)65(59)75)70(9,10)37-36-69(56,7)8/h13-21,24-33,38-44H,22-23,34-37H2,1-12H3. The molecular formula is C72H74BN3O. The number of nitrogens with zero attached hydrogens (tertiary/aromatic N) is 3. The predicted molar refractivity (Wildman–Crippen MR) is 328 cm³/mol. The number of anilines is 7. The fraction of sp³-hybridized carbons (Fsp3) is 0.333. The van der Waals surface area contributed by atoms with Gasteiger partial charge in [-0.3, -0.25) is 0 Å². The number of rotatable bonds is 5. The Morgan fingerprint density at radius 2 is 1.10 bits per heavy atom. The molecule has 8 aromatic carbocycles. The first-order chi connectivity index (χ1) is 36.7. The van der Waals surface area contributed by atoms with Crippen LogP contribution in [0.5, 0.6) is 0 Å². The van der Waals surface area contributed by atoms with Crippen LogP contribution in [0.2, 0.25) is 0 Å². The Kier molecular flexibility index (Phi) is 10.2. The van der Waals surface area contributed by atoms with Gasteiger partial charge < -0.3 is 19.0 Å². The molecule has 0 amide bonds. The smallest absolute Gasteiger partial charge is 0.329 e. The average molecular weight is 1010 g/mol. The van der Waals surface area contributed by atoms with E-state index in [1.165, 1.54) is 96.0 Å². The molecule has 4 nitrogen and oxygen atoms in total. The molecule has 1 aromatic heterocycles. The van der Waals surface area contributed by atoms with E-state index >= 15 is 0 Å². The highest BCUT2D eigenvalue weighted by molar-refractivity contribution is 6.93. The van der Waals surface area contributed by atoms with Crippen LogP contribution in [-0.2, 0) is 27.1 Å². The van der Waals surface area contributed by atoms with Gasteiger partial charge in [0.15, 0.2) is 5.58 Å². The summed E-state index contributed by atoms with van der Waals surface area (Å²) < 4.78 is 7.71. The van der Waals surface area contributed by atoms with Crippen LogP contribution >= 0.6 is 0 Å². The molecule has 2 atom stereocenters. The summed E-state index contributed by atoms with van der Waals surface area (Å²) in [6.07, 6.45) is 7.05. The molecule has 9 aromatic rings. The molecule has 0 spiro atoms. The Balaban J connectivity index is 1.18. The molecule has 386 valence electrons. The second-order valence-electron chi connectivity index (χ2n) is 27.5. The largest absolute Gasteiger partial charge is 0.454 e. The van der Waals surface area contributed by atoms with E-state index in [2.05, 4.69) is 255 Å². The summed E-state index contributed by atoms with van der Waals surface area (Å²) in [4.78, 5) is 8.14. The lowest BCUT2D eigenvalue weighted by Crippen LogP contribution is -2.70. The maximum absolute atomic E-state index is 7.71. The van der Waals surface area contributed by atoms with Crippen molar-refractivity contribution in [1.82, 2.24) is 0 Å². The van der Waals surface area contributed by atoms with Crippen molar-refractivity contribution in [3.63, 3.8) is 0 Å². The van der Waals surface area contributed by atoms with Crippen LogP contribution in [0.1, 0.15) is 149 Å². The van der Waals surface area contributed by atoms with Crippen molar-refractivity contribution in [3.05, 3.63) is 186 Å². The monoisotopic (exact) mass is 1010 g/mol. The first-order valence-corrected chi connectivity index (χ1v) is 28.8. The van der Waals surface area contributed by atoms with Gasteiger partial charge in [0.2, 0.25) is 0 Å². The maximum Gasteiger partial charge on any atom is 0.329 e. The van der Waals surface area contributed by atoms with Crippen LogP contribution in [0, 0.1) is 0 Å². The van der Waals surface area contributed by atoms with Crippen LogP contribution in [0.4, 0.5) is 39.8 Å². The molecule has 0 N–H and O–H groups in total. The van der Waals surface area contributed by atoms with E-state index < -0.39 is 0 Å². The summed E-state index contributed by atoms with van der Waals surface area (Å²) in [7, 11) is 0. The third-order valence-electron chi connectivity index (χ3n) is 19.9. The SMILES string of the molecule is CC(C)(C)c1ccc(N2c3cc(N(c4ccccc4)c4ccccc4)cc4c3B(c3ccc5c(oc6cc7c(cc65)C(C)(C)CCC7(C)C)c32)N2c3c-4cc(C(C)(C)C)cc3C3(C)CCCCC23C)c(-c2ccccc2)c1. The maximum atomic E-state index is 7.71. The van der Waals surface area contributed by atoms with Gasteiger partial charge in [-0.2, -0.15) is 0 Å². The summed E-state index contributed by atoms with van der Waals surface area (Å²) in [6.45, 7) is 29.2. The van der Waals surface area contributed by atoms with Gasteiger partial charge in [-0.05, 0) is 171 Å². The third-order valence-corrected chi connectivity index (χ3v) is 19.9. The zero-order chi connectivity index (χ0) is 53.3. The highest BCUT2D eigenvalue weighted by Crippen LogP contribution is 2.64. The zero-order valence-corrected chi connectivity index (χ0v) is 47.6. The quantitative estimate of drug-likeness (QED) is 0.160. The molecule has 1 fully saturated rings. The molecule has 4 heterocycles. The first kappa shape index (κ1) is 48.4. The Bertz CT molecular complexity index is 3850. The third kappa shape index (κ3) is 6.90. The van der Waals surface area contributed by atoms with E-state index in [4.69, 9.17) is 4.42 Å². The predicted octanol–water partition coefficient (Wildman–Crippen LogP) is 18.6. The number of benzene rings is 8. The lowest BCUT2D eigenvalue weighted by atomic mass is 9.42. The van der Waals surface area contributed by atoms with Crippen LogP contribution < -0.4 is 25.5 Å². The van der Waals surface area contributed by atoms with E-state index in [0.717, 1.165) is 65.3 Å². The van der Waals surface area contributed by atoms with Crippen molar-refractivity contribution in [3.8, 4) is 22.3 Å². The molecule has 5 aliphatic rings. The zero-order valence-electron chi connectivity index (χ0n) is 47.6. The second-order valence-corrected chi connectivity index (χ2v) is 27.5. The highest BCUT2D eigenvalue weighted by atomic mass is 16.3. The van der Waals surface area contributed by atoms with E-state index in [1.54, 1.807) is 0 Å². The van der Waals surface area contributed by atoms with Crippen molar-refractivity contribution in [2.75, 3.05) is 14.6 Å².